The summed E-state index contributed by atoms with van der Waals surface area (Å²) in [5.41, 5.74) is -0.694. The minimum atomic E-state index is -1.01. The van der Waals surface area contributed by atoms with Crippen LogP contribution in [0.3, 0.4) is 0 Å². The molecule has 0 aliphatic rings. The molecule has 0 rings (SSSR count). The number of nitrogens with zero attached hydrogens (tertiary/aromatic N) is 1. The Labute approximate surface area is 93.4 Å². The Kier molecular flexibility index (Phi) is 7.62. The van der Waals surface area contributed by atoms with Gasteiger partial charge in [0.15, 0.2) is 0 Å². The lowest BCUT2D eigenvalue weighted by Gasteiger charge is -2.22. The molecule has 0 aromatic heterocycles. The molecule has 4 nitrogen and oxygen atoms in total. The number of carboxylic acid groups (broad SMARTS) is 1. The number of carbonyl (C=O) groups excluding carboxylic acids is 1. The summed E-state index contributed by atoms with van der Waals surface area (Å²) in [7, 11) is 8.19. The van der Waals surface area contributed by atoms with E-state index in [0.717, 1.165) is 17.6 Å². The number of hydrogen-bond acceptors (Lipinski definition) is 3. The molecule has 0 spiro atoms. The summed E-state index contributed by atoms with van der Waals surface area (Å²) in [6, 6.07) is 0. The molecule has 0 saturated heterocycles. The lowest BCUT2D eigenvalue weighted by molar-refractivity contribution is -0.870. The Bertz CT molecular complexity index is 177. The van der Waals surface area contributed by atoms with Crippen molar-refractivity contribution in [3.63, 3.8) is 0 Å². The first-order chi connectivity index (χ1) is 6.50. The van der Waals surface area contributed by atoms with Gasteiger partial charge in [-0.15, -0.1) is 0 Å². The van der Waals surface area contributed by atoms with Gasteiger partial charge in [0.2, 0.25) is 0 Å². The quantitative estimate of drug-likeness (QED) is 0.634. The number of quaternary nitrogens is 1. The maximum atomic E-state index is 9.91. The summed E-state index contributed by atoms with van der Waals surface area (Å²) in [5, 5.41) is 9.91. The van der Waals surface area contributed by atoms with Crippen molar-refractivity contribution in [2.24, 2.45) is 5.41 Å². The van der Waals surface area contributed by atoms with Crippen molar-refractivity contribution in [2.75, 3.05) is 41.4 Å². The molecule has 0 aliphatic heterocycles. The molecule has 92 valence electrons. The minimum Gasteiger partial charge on any atom is -0.550 e. The zero-order valence-corrected chi connectivity index (χ0v) is 11.1. The first-order valence-corrected chi connectivity index (χ1v) is 5.01. The van der Waals surface area contributed by atoms with Crippen LogP contribution in [0.2, 0.25) is 0 Å². The highest BCUT2D eigenvalue weighted by molar-refractivity contribution is 5.70. The molecule has 0 aromatic carbocycles. The fraction of sp³-hybridized carbons (Fsp3) is 0.909. The second-order valence-electron chi connectivity index (χ2n) is 5.54. The fourth-order valence-electron chi connectivity index (χ4n) is 0.365. The van der Waals surface area contributed by atoms with Crippen molar-refractivity contribution in [2.45, 2.75) is 20.8 Å². The predicted octanol–water partition coefficient (Wildman–Crippen LogP) is 0.121. The number of carbonyl (C=O) groups is 1. The summed E-state index contributed by atoms with van der Waals surface area (Å²) in [6.07, 6.45) is 0. The molecule has 0 atom stereocenters. The monoisotopic (exact) mass is 219 g/mol. The molecular weight excluding hydrogens is 194 g/mol. The molecule has 0 unspecified atom stereocenters. The van der Waals surface area contributed by atoms with Crippen LogP contribution < -0.4 is 5.11 Å². The van der Waals surface area contributed by atoms with Crippen LogP contribution in [-0.2, 0) is 9.53 Å². The van der Waals surface area contributed by atoms with E-state index < -0.39 is 11.4 Å². The summed E-state index contributed by atoms with van der Waals surface area (Å²) in [6.45, 7) is 6.73. The summed E-state index contributed by atoms with van der Waals surface area (Å²) in [5.74, 6) is -1.01. The van der Waals surface area contributed by atoms with Crippen LogP contribution in [0.15, 0.2) is 0 Å². The fourth-order valence-corrected chi connectivity index (χ4v) is 0.365. The molecule has 4 heteroatoms. The van der Waals surface area contributed by atoms with Gasteiger partial charge in [0.1, 0.15) is 6.54 Å². The highest BCUT2D eigenvalue weighted by atomic mass is 16.5. The molecule has 0 fully saturated rings. The normalized spacial score (nSPS) is 11.7. The van der Waals surface area contributed by atoms with Crippen LogP contribution in [0.5, 0.6) is 0 Å². The van der Waals surface area contributed by atoms with Gasteiger partial charge < -0.3 is 19.1 Å². The topological polar surface area (TPSA) is 49.4 Å². The van der Waals surface area contributed by atoms with Crippen LogP contribution in [0.25, 0.3) is 0 Å². The maximum absolute atomic E-state index is 9.91. The lowest BCUT2D eigenvalue weighted by Crippen LogP contribution is -2.37. The van der Waals surface area contributed by atoms with Gasteiger partial charge in [0.25, 0.3) is 0 Å². The third-order valence-electron chi connectivity index (χ3n) is 1.58. The average molecular weight is 219 g/mol. The van der Waals surface area contributed by atoms with E-state index in [0.29, 0.717) is 0 Å². The van der Waals surface area contributed by atoms with Crippen LogP contribution >= 0.6 is 0 Å². The number of likely N-dealkylation sites (N-methyl/N-ethyl adjacent to an activating group) is 1. The number of carboxylic acids is 1. The van der Waals surface area contributed by atoms with Gasteiger partial charge in [0.05, 0.1) is 27.7 Å². The molecule has 0 saturated carbocycles. The predicted molar refractivity (Wildman–Crippen MR) is 59.2 cm³/mol. The molecule has 0 aromatic rings. The largest absolute Gasteiger partial charge is 0.550 e. The SMILES string of the molecule is CC(C)(C)C(=O)[O-].COCC[N+](C)(C)C. The second kappa shape index (κ2) is 6.80. The van der Waals surface area contributed by atoms with E-state index in [1.807, 2.05) is 0 Å². The average Bonchev–Trinajstić information content (AvgIpc) is 1.98. The van der Waals surface area contributed by atoms with Gasteiger partial charge in [-0.05, 0) is 0 Å². The molecule has 0 radical (unpaired) electrons. The van der Waals surface area contributed by atoms with Gasteiger partial charge in [-0.2, -0.15) is 0 Å². The third kappa shape index (κ3) is 16.1. The number of hydrogen-bond donors (Lipinski definition) is 0. The summed E-state index contributed by atoms with van der Waals surface area (Å²) in [4.78, 5) is 9.91. The van der Waals surface area contributed by atoms with E-state index in [4.69, 9.17) is 4.74 Å². The van der Waals surface area contributed by atoms with E-state index in [2.05, 4.69) is 21.1 Å². The van der Waals surface area contributed by atoms with Crippen LogP contribution in [0.1, 0.15) is 20.8 Å². The van der Waals surface area contributed by atoms with Gasteiger partial charge in [-0.25, -0.2) is 0 Å². The van der Waals surface area contributed by atoms with Crippen LogP contribution in [0.4, 0.5) is 0 Å². The Hall–Kier alpha value is -0.610. The Balaban J connectivity index is 0. The van der Waals surface area contributed by atoms with Crippen molar-refractivity contribution in [1.29, 1.82) is 0 Å². The van der Waals surface area contributed by atoms with Gasteiger partial charge >= 0.3 is 0 Å². The maximum Gasteiger partial charge on any atom is 0.102 e. The molecule has 0 aliphatic carbocycles. The zero-order chi connectivity index (χ0) is 12.7. The van der Waals surface area contributed by atoms with E-state index in [1.54, 1.807) is 27.9 Å². The highest BCUT2D eigenvalue weighted by Gasteiger charge is 2.09. The Morgan fingerprint density at radius 1 is 1.27 bits per heavy atom. The number of rotatable bonds is 3. The summed E-state index contributed by atoms with van der Waals surface area (Å²) < 4.78 is 5.88. The zero-order valence-electron chi connectivity index (χ0n) is 11.1. The molecule has 0 amide bonds. The minimum absolute atomic E-state index is 0.694. The molecule has 0 N–H and O–H groups in total. The van der Waals surface area contributed by atoms with Crippen LogP contribution in [-0.4, -0.2) is 51.9 Å². The van der Waals surface area contributed by atoms with Crippen molar-refractivity contribution in [1.82, 2.24) is 0 Å². The standard InChI is InChI=1S/C6H16NO.C5H10O2/c1-7(2,3)5-6-8-4;1-5(2,3)4(6)7/h5-6H2,1-4H3;1-3H3,(H,6,7)/q+1;/p-1. The van der Waals surface area contributed by atoms with Gasteiger partial charge in [0, 0.05) is 18.5 Å². The van der Waals surface area contributed by atoms with Crippen molar-refractivity contribution >= 4 is 5.97 Å². The first-order valence-electron chi connectivity index (χ1n) is 5.01. The van der Waals surface area contributed by atoms with Crippen molar-refractivity contribution in [3.8, 4) is 0 Å². The van der Waals surface area contributed by atoms with Crippen molar-refractivity contribution < 1.29 is 19.1 Å². The van der Waals surface area contributed by atoms with Gasteiger partial charge in [-0.3, -0.25) is 0 Å². The van der Waals surface area contributed by atoms with E-state index in [9.17, 15) is 9.90 Å². The number of methoxy groups -OCH3 is 1. The van der Waals surface area contributed by atoms with Crippen LogP contribution in [0, 0.1) is 5.41 Å². The second-order valence-corrected chi connectivity index (χ2v) is 5.54. The highest BCUT2D eigenvalue weighted by Crippen LogP contribution is 2.09. The molecular formula is C11H25NO3. The molecule has 0 heterocycles. The van der Waals surface area contributed by atoms with E-state index >= 15 is 0 Å². The number of aliphatic carboxylic acids is 1. The lowest BCUT2D eigenvalue weighted by atomic mass is 9.98. The van der Waals surface area contributed by atoms with Gasteiger partial charge in [-0.1, -0.05) is 20.8 Å². The number of ether oxygens (including phenoxy) is 1. The molecule has 15 heavy (non-hydrogen) atoms. The smallest absolute Gasteiger partial charge is 0.102 e. The molecule has 0 bridgehead atoms. The third-order valence-corrected chi connectivity index (χ3v) is 1.58. The summed E-state index contributed by atoms with van der Waals surface area (Å²) >= 11 is 0. The first kappa shape index (κ1) is 16.8. The van der Waals surface area contributed by atoms with E-state index in [1.165, 1.54) is 0 Å². The Morgan fingerprint density at radius 2 is 1.60 bits per heavy atom. The van der Waals surface area contributed by atoms with E-state index in [-0.39, 0.29) is 0 Å². The van der Waals surface area contributed by atoms with Crippen molar-refractivity contribution in [3.05, 3.63) is 0 Å². The Morgan fingerprint density at radius 3 is 1.67 bits per heavy atom.